The summed E-state index contributed by atoms with van der Waals surface area (Å²) in [6.07, 6.45) is 3.91. The SMILES string of the molecule is c1ccc2c(c1)ccc1c3c(ccc12)C1CCCN1CC3. The number of rotatable bonds is 0. The highest BCUT2D eigenvalue weighted by molar-refractivity contribution is 6.08. The molecule has 104 valence electrons. The van der Waals surface area contributed by atoms with Crippen molar-refractivity contribution in [2.24, 2.45) is 0 Å². The van der Waals surface area contributed by atoms with Crippen molar-refractivity contribution < 1.29 is 0 Å². The Morgan fingerprint density at radius 2 is 1.71 bits per heavy atom. The third kappa shape index (κ3) is 1.61. The molecule has 0 aromatic heterocycles. The van der Waals surface area contributed by atoms with Gasteiger partial charge in [-0.3, -0.25) is 4.90 Å². The smallest absolute Gasteiger partial charge is 0.0351 e. The zero-order chi connectivity index (χ0) is 13.8. The molecule has 1 atom stereocenters. The van der Waals surface area contributed by atoms with Gasteiger partial charge >= 0.3 is 0 Å². The first kappa shape index (κ1) is 11.8. The second-order valence-electron chi connectivity index (χ2n) is 6.46. The molecule has 0 saturated carbocycles. The predicted molar refractivity (Wildman–Crippen MR) is 88.7 cm³/mol. The van der Waals surface area contributed by atoms with Crippen molar-refractivity contribution in [3.63, 3.8) is 0 Å². The Hall–Kier alpha value is -1.86. The van der Waals surface area contributed by atoms with Crippen LogP contribution in [-0.4, -0.2) is 18.0 Å². The van der Waals surface area contributed by atoms with Crippen molar-refractivity contribution in [3.05, 3.63) is 59.7 Å². The fraction of sp³-hybridized carbons (Fsp3) is 0.300. The van der Waals surface area contributed by atoms with E-state index in [2.05, 4.69) is 53.4 Å². The van der Waals surface area contributed by atoms with E-state index in [1.54, 1.807) is 11.1 Å². The van der Waals surface area contributed by atoms with Crippen molar-refractivity contribution in [2.45, 2.75) is 25.3 Å². The lowest BCUT2D eigenvalue weighted by molar-refractivity contribution is 0.244. The molecule has 1 nitrogen and oxygen atoms in total. The van der Waals surface area contributed by atoms with Crippen molar-refractivity contribution in [1.82, 2.24) is 4.90 Å². The second-order valence-corrected chi connectivity index (χ2v) is 6.46. The van der Waals surface area contributed by atoms with Crippen LogP contribution in [0.3, 0.4) is 0 Å². The maximum absolute atomic E-state index is 2.68. The molecule has 2 heterocycles. The fourth-order valence-corrected chi connectivity index (χ4v) is 4.46. The molecule has 21 heavy (non-hydrogen) atoms. The van der Waals surface area contributed by atoms with Gasteiger partial charge in [0.15, 0.2) is 0 Å². The summed E-state index contributed by atoms with van der Waals surface area (Å²) < 4.78 is 0. The van der Waals surface area contributed by atoms with Gasteiger partial charge in [0.05, 0.1) is 0 Å². The van der Waals surface area contributed by atoms with Crippen molar-refractivity contribution >= 4 is 21.5 Å². The average Bonchev–Trinajstić information content (AvgIpc) is 3.03. The van der Waals surface area contributed by atoms with Gasteiger partial charge in [0.1, 0.15) is 0 Å². The van der Waals surface area contributed by atoms with Crippen LogP contribution < -0.4 is 0 Å². The normalized spacial score (nSPS) is 21.6. The molecular weight excluding hydrogens is 254 g/mol. The number of benzene rings is 3. The van der Waals surface area contributed by atoms with Gasteiger partial charge in [-0.1, -0.05) is 48.5 Å². The quantitative estimate of drug-likeness (QED) is 0.537. The molecule has 5 rings (SSSR count). The van der Waals surface area contributed by atoms with Crippen molar-refractivity contribution in [2.75, 3.05) is 13.1 Å². The van der Waals surface area contributed by atoms with E-state index >= 15 is 0 Å². The molecule has 0 amide bonds. The van der Waals surface area contributed by atoms with E-state index in [1.807, 2.05) is 0 Å². The summed E-state index contributed by atoms with van der Waals surface area (Å²) in [6, 6.07) is 18.8. The zero-order valence-corrected chi connectivity index (χ0v) is 12.2. The number of fused-ring (bicyclic) bond motifs is 7. The monoisotopic (exact) mass is 273 g/mol. The number of hydrogen-bond donors (Lipinski definition) is 0. The summed E-state index contributed by atoms with van der Waals surface area (Å²) >= 11 is 0. The summed E-state index contributed by atoms with van der Waals surface area (Å²) in [5, 5.41) is 5.66. The summed E-state index contributed by atoms with van der Waals surface area (Å²) in [5.74, 6) is 0. The standard InChI is InChI=1S/C20H19N/c1-2-5-15-14(4-1)7-8-17-16(15)9-10-19-18(17)11-13-21-12-3-6-20(19)21/h1-2,4-5,7-10,20H,3,6,11-13H2. The summed E-state index contributed by atoms with van der Waals surface area (Å²) in [6.45, 7) is 2.53. The highest BCUT2D eigenvalue weighted by atomic mass is 15.2. The van der Waals surface area contributed by atoms with Crippen LogP contribution in [0.2, 0.25) is 0 Å². The van der Waals surface area contributed by atoms with Crippen molar-refractivity contribution in [1.29, 1.82) is 0 Å². The Morgan fingerprint density at radius 1 is 0.810 bits per heavy atom. The van der Waals surface area contributed by atoms with E-state index in [4.69, 9.17) is 0 Å². The van der Waals surface area contributed by atoms with E-state index in [0.29, 0.717) is 6.04 Å². The minimum Gasteiger partial charge on any atom is -0.296 e. The van der Waals surface area contributed by atoms with Gasteiger partial charge in [-0.05, 0) is 58.5 Å². The van der Waals surface area contributed by atoms with Gasteiger partial charge in [0, 0.05) is 12.6 Å². The molecule has 0 N–H and O–H groups in total. The Morgan fingerprint density at radius 3 is 2.71 bits per heavy atom. The molecule has 3 aromatic carbocycles. The molecule has 3 aromatic rings. The minimum absolute atomic E-state index is 0.685. The largest absolute Gasteiger partial charge is 0.296 e. The molecule has 0 aliphatic carbocycles. The first-order chi connectivity index (χ1) is 10.4. The zero-order valence-electron chi connectivity index (χ0n) is 12.2. The third-order valence-corrected chi connectivity index (χ3v) is 5.45. The third-order valence-electron chi connectivity index (χ3n) is 5.45. The van der Waals surface area contributed by atoms with Gasteiger partial charge in [0.25, 0.3) is 0 Å². The van der Waals surface area contributed by atoms with E-state index in [0.717, 1.165) is 0 Å². The number of hydrogen-bond acceptors (Lipinski definition) is 1. The molecule has 1 unspecified atom stereocenters. The molecule has 0 bridgehead atoms. The number of nitrogens with zero attached hydrogens (tertiary/aromatic N) is 1. The second kappa shape index (κ2) is 4.32. The maximum Gasteiger partial charge on any atom is 0.0351 e. The fourth-order valence-electron chi connectivity index (χ4n) is 4.46. The highest BCUT2D eigenvalue weighted by Crippen LogP contribution is 2.41. The predicted octanol–water partition coefficient (Wildman–Crippen LogP) is 4.69. The van der Waals surface area contributed by atoms with Gasteiger partial charge in [-0.2, -0.15) is 0 Å². The molecule has 2 aliphatic rings. The van der Waals surface area contributed by atoms with E-state index in [1.165, 1.54) is 53.9 Å². The Kier molecular flexibility index (Phi) is 2.42. The van der Waals surface area contributed by atoms with Crippen LogP contribution in [0.4, 0.5) is 0 Å². The first-order valence-corrected chi connectivity index (χ1v) is 8.09. The van der Waals surface area contributed by atoms with Gasteiger partial charge < -0.3 is 0 Å². The molecule has 1 heteroatoms. The minimum atomic E-state index is 0.685. The lowest BCUT2D eigenvalue weighted by Crippen LogP contribution is -2.30. The first-order valence-electron chi connectivity index (χ1n) is 8.09. The van der Waals surface area contributed by atoms with Crippen molar-refractivity contribution in [3.8, 4) is 0 Å². The van der Waals surface area contributed by atoms with Gasteiger partial charge in [-0.25, -0.2) is 0 Å². The molecular formula is C20H19N. The van der Waals surface area contributed by atoms with E-state index < -0.39 is 0 Å². The van der Waals surface area contributed by atoms with Crippen LogP contribution in [0.25, 0.3) is 21.5 Å². The summed E-state index contributed by atoms with van der Waals surface area (Å²) in [5.41, 5.74) is 3.21. The van der Waals surface area contributed by atoms with E-state index in [-0.39, 0.29) is 0 Å². The molecule has 2 aliphatic heterocycles. The summed E-state index contributed by atoms with van der Waals surface area (Å²) in [4.78, 5) is 2.68. The van der Waals surface area contributed by atoms with Crippen LogP contribution in [0, 0.1) is 0 Å². The average molecular weight is 273 g/mol. The van der Waals surface area contributed by atoms with E-state index in [9.17, 15) is 0 Å². The lowest BCUT2D eigenvalue weighted by atomic mass is 9.87. The maximum atomic E-state index is 2.68. The topological polar surface area (TPSA) is 3.24 Å². The van der Waals surface area contributed by atoms with Crippen LogP contribution in [-0.2, 0) is 6.42 Å². The van der Waals surface area contributed by atoms with Gasteiger partial charge in [-0.15, -0.1) is 0 Å². The summed E-state index contributed by atoms with van der Waals surface area (Å²) in [7, 11) is 0. The molecule has 0 radical (unpaired) electrons. The Bertz CT molecular complexity index is 849. The lowest BCUT2D eigenvalue weighted by Gasteiger charge is -2.32. The van der Waals surface area contributed by atoms with Crippen LogP contribution in [0.15, 0.2) is 48.5 Å². The van der Waals surface area contributed by atoms with Crippen LogP contribution in [0.5, 0.6) is 0 Å². The van der Waals surface area contributed by atoms with Gasteiger partial charge in [0.2, 0.25) is 0 Å². The Balaban J connectivity index is 1.83. The van der Waals surface area contributed by atoms with Crippen LogP contribution in [0.1, 0.15) is 30.0 Å². The molecule has 1 fully saturated rings. The Labute approximate surface area is 125 Å². The highest BCUT2D eigenvalue weighted by Gasteiger charge is 2.31. The van der Waals surface area contributed by atoms with Crippen LogP contribution >= 0.6 is 0 Å². The molecule has 0 spiro atoms. The molecule has 1 saturated heterocycles.